The molecule has 0 atom stereocenters. The summed E-state index contributed by atoms with van der Waals surface area (Å²) in [6.45, 7) is -0.618. The number of carbonyl (C=O) groups excluding carboxylic acids is 1. The van der Waals surface area contributed by atoms with Crippen molar-refractivity contribution in [2.75, 3.05) is 12.3 Å². The van der Waals surface area contributed by atoms with Crippen molar-refractivity contribution in [1.82, 2.24) is 5.32 Å². The van der Waals surface area contributed by atoms with Crippen LogP contribution in [0.15, 0.2) is 42.5 Å². The van der Waals surface area contributed by atoms with Crippen molar-refractivity contribution in [3.63, 3.8) is 0 Å². The molecule has 0 aromatic heterocycles. The molecule has 0 unspecified atom stereocenters. The maximum absolute atomic E-state index is 12.4. The number of rotatable bonds is 8. The lowest BCUT2D eigenvalue weighted by molar-refractivity contribution is -0.120. The Morgan fingerprint density at radius 1 is 1.12 bits per heavy atom. The van der Waals surface area contributed by atoms with Crippen LogP contribution in [0.4, 0.5) is 14.5 Å². The van der Waals surface area contributed by atoms with E-state index in [1.165, 1.54) is 6.07 Å². The summed E-state index contributed by atoms with van der Waals surface area (Å²) in [5, 5.41) is 2.78. The van der Waals surface area contributed by atoms with Gasteiger partial charge in [0.25, 0.3) is 0 Å². The van der Waals surface area contributed by atoms with Gasteiger partial charge in [-0.2, -0.15) is 8.78 Å². The summed E-state index contributed by atoms with van der Waals surface area (Å²) in [4.78, 5) is 12.0. The van der Waals surface area contributed by atoms with Crippen molar-refractivity contribution in [2.45, 2.75) is 26.5 Å². The largest absolute Gasteiger partial charge is 0.490 e. The van der Waals surface area contributed by atoms with E-state index < -0.39 is 6.61 Å². The first-order valence-corrected chi connectivity index (χ1v) is 7.79. The Labute approximate surface area is 144 Å². The van der Waals surface area contributed by atoms with Crippen molar-refractivity contribution in [2.24, 2.45) is 0 Å². The Balaban J connectivity index is 1.96. The number of carbonyl (C=O) groups is 1. The molecule has 0 saturated carbocycles. The maximum Gasteiger partial charge on any atom is 0.387 e. The summed E-state index contributed by atoms with van der Waals surface area (Å²) >= 11 is 0. The molecule has 0 heterocycles. The topological polar surface area (TPSA) is 73.6 Å². The highest BCUT2D eigenvalue weighted by Crippen LogP contribution is 2.29. The van der Waals surface area contributed by atoms with Crippen LogP contribution >= 0.6 is 0 Å². The first-order chi connectivity index (χ1) is 12.0. The predicted molar refractivity (Wildman–Crippen MR) is 90.6 cm³/mol. The van der Waals surface area contributed by atoms with Crippen LogP contribution in [-0.4, -0.2) is 19.1 Å². The van der Waals surface area contributed by atoms with E-state index in [2.05, 4.69) is 10.1 Å². The maximum atomic E-state index is 12.4. The Bertz CT molecular complexity index is 706. The van der Waals surface area contributed by atoms with Gasteiger partial charge in [0, 0.05) is 12.2 Å². The molecule has 0 fully saturated rings. The number of hydrogen-bond acceptors (Lipinski definition) is 4. The van der Waals surface area contributed by atoms with E-state index in [0.717, 1.165) is 11.1 Å². The average molecular weight is 350 g/mol. The lowest BCUT2D eigenvalue weighted by atomic mass is 10.1. The van der Waals surface area contributed by atoms with E-state index in [9.17, 15) is 13.6 Å². The van der Waals surface area contributed by atoms with E-state index in [4.69, 9.17) is 10.5 Å². The van der Waals surface area contributed by atoms with Crippen molar-refractivity contribution in [3.05, 3.63) is 53.6 Å². The predicted octanol–water partition coefficient (Wildman–Crippen LogP) is 3.13. The Morgan fingerprint density at radius 2 is 1.80 bits per heavy atom. The van der Waals surface area contributed by atoms with Crippen LogP contribution in [0.3, 0.4) is 0 Å². The molecule has 0 aliphatic carbocycles. The monoisotopic (exact) mass is 350 g/mol. The fourth-order valence-corrected chi connectivity index (χ4v) is 2.21. The molecule has 0 radical (unpaired) electrons. The minimum absolute atomic E-state index is 0.0335. The van der Waals surface area contributed by atoms with Crippen LogP contribution in [0.5, 0.6) is 11.5 Å². The number of ether oxygens (including phenoxy) is 2. The third-order valence-corrected chi connectivity index (χ3v) is 3.36. The van der Waals surface area contributed by atoms with Crippen LogP contribution in [0, 0.1) is 0 Å². The van der Waals surface area contributed by atoms with Crippen LogP contribution in [0.1, 0.15) is 18.1 Å². The van der Waals surface area contributed by atoms with Gasteiger partial charge in [-0.1, -0.05) is 18.2 Å². The first-order valence-electron chi connectivity index (χ1n) is 7.79. The number of nitrogens with one attached hydrogen (secondary N) is 1. The summed E-state index contributed by atoms with van der Waals surface area (Å²) in [6, 6.07) is 11.6. The molecule has 5 nitrogen and oxygen atoms in total. The summed E-state index contributed by atoms with van der Waals surface area (Å²) in [7, 11) is 0. The lowest BCUT2D eigenvalue weighted by Crippen LogP contribution is -2.24. The Kier molecular flexibility index (Phi) is 6.56. The molecule has 3 N–H and O–H groups in total. The number of nitrogen functional groups attached to an aromatic ring is 1. The SMILES string of the molecule is CCOc1cc(CNC(=O)Cc2ccc(N)cc2)ccc1OC(F)F. The molecule has 0 spiro atoms. The van der Waals surface area contributed by atoms with Crippen molar-refractivity contribution in [1.29, 1.82) is 0 Å². The summed E-state index contributed by atoms with van der Waals surface area (Å²) in [6.07, 6.45) is 0.227. The second-order valence-corrected chi connectivity index (χ2v) is 5.29. The fraction of sp³-hybridized carbons (Fsp3) is 0.278. The zero-order valence-corrected chi connectivity index (χ0v) is 13.8. The van der Waals surface area contributed by atoms with Crippen LogP contribution < -0.4 is 20.5 Å². The van der Waals surface area contributed by atoms with E-state index in [0.29, 0.717) is 12.3 Å². The van der Waals surface area contributed by atoms with Crippen LogP contribution in [-0.2, 0) is 17.8 Å². The molecule has 0 saturated heterocycles. The molecule has 0 bridgehead atoms. The summed E-state index contributed by atoms with van der Waals surface area (Å²) < 4.78 is 34.5. The van der Waals surface area contributed by atoms with Gasteiger partial charge in [-0.05, 0) is 42.3 Å². The Morgan fingerprint density at radius 3 is 2.44 bits per heavy atom. The van der Waals surface area contributed by atoms with Crippen molar-refractivity contribution < 1.29 is 23.0 Å². The van der Waals surface area contributed by atoms with Crippen LogP contribution in [0.2, 0.25) is 0 Å². The molecule has 2 aromatic carbocycles. The molecule has 25 heavy (non-hydrogen) atoms. The molecule has 0 aliphatic heterocycles. The number of alkyl halides is 2. The van der Waals surface area contributed by atoms with Gasteiger partial charge >= 0.3 is 6.61 Å². The second-order valence-electron chi connectivity index (χ2n) is 5.29. The van der Waals surface area contributed by atoms with Gasteiger partial charge < -0.3 is 20.5 Å². The van der Waals surface area contributed by atoms with E-state index in [-0.39, 0.29) is 30.4 Å². The van der Waals surface area contributed by atoms with Gasteiger partial charge in [-0.15, -0.1) is 0 Å². The number of benzene rings is 2. The van der Waals surface area contributed by atoms with E-state index in [1.54, 1.807) is 43.3 Å². The molecule has 1 amide bonds. The number of nitrogens with two attached hydrogens (primary N) is 1. The van der Waals surface area contributed by atoms with Gasteiger partial charge in [0.15, 0.2) is 11.5 Å². The quantitative estimate of drug-likeness (QED) is 0.718. The first kappa shape index (κ1) is 18.5. The number of anilines is 1. The van der Waals surface area contributed by atoms with E-state index >= 15 is 0 Å². The zero-order chi connectivity index (χ0) is 18.2. The van der Waals surface area contributed by atoms with E-state index in [1.807, 2.05) is 0 Å². The second kappa shape index (κ2) is 8.86. The normalized spacial score (nSPS) is 10.6. The average Bonchev–Trinajstić information content (AvgIpc) is 2.57. The fourth-order valence-electron chi connectivity index (χ4n) is 2.21. The molecule has 134 valence electrons. The zero-order valence-electron chi connectivity index (χ0n) is 13.8. The number of hydrogen-bond donors (Lipinski definition) is 2. The van der Waals surface area contributed by atoms with Crippen molar-refractivity contribution in [3.8, 4) is 11.5 Å². The standard InChI is InChI=1S/C18H20F2N2O3/c1-2-24-16-9-13(5-8-15(16)25-18(19)20)11-22-17(23)10-12-3-6-14(21)7-4-12/h3-9,18H,2,10-11,21H2,1H3,(H,22,23). The third kappa shape index (κ3) is 5.95. The molecular weight excluding hydrogens is 330 g/mol. The van der Waals surface area contributed by atoms with Gasteiger partial charge in [0.05, 0.1) is 13.0 Å². The number of amides is 1. The molecule has 2 aromatic rings. The minimum atomic E-state index is -2.93. The minimum Gasteiger partial charge on any atom is -0.490 e. The molecule has 2 rings (SSSR count). The highest BCUT2D eigenvalue weighted by molar-refractivity contribution is 5.78. The van der Waals surface area contributed by atoms with Gasteiger partial charge in [-0.25, -0.2) is 0 Å². The van der Waals surface area contributed by atoms with Gasteiger partial charge in [-0.3, -0.25) is 4.79 Å². The molecule has 0 aliphatic rings. The highest BCUT2D eigenvalue weighted by Gasteiger charge is 2.12. The van der Waals surface area contributed by atoms with Crippen molar-refractivity contribution >= 4 is 11.6 Å². The Hall–Kier alpha value is -2.83. The van der Waals surface area contributed by atoms with Gasteiger partial charge in [0.1, 0.15) is 0 Å². The van der Waals surface area contributed by atoms with Crippen LogP contribution in [0.25, 0.3) is 0 Å². The third-order valence-electron chi connectivity index (χ3n) is 3.36. The molecular formula is C18H20F2N2O3. The smallest absolute Gasteiger partial charge is 0.387 e. The van der Waals surface area contributed by atoms with Gasteiger partial charge in [0.2, 0.25) is 5.91 Å². The lowest BCUT2D eigenvalue weighted by Gasteiger charge is -2.13. The molecule has 7 heteroatoms. The summed E-state index contributed by atoms with van der Waals surface area (Å²) in [5.41, 5.74) is 7.81. The highest BCUT2D eigenvalue weighted by atomic mass is 19.3. The summed E-state index contributed by atoms with van der Waals surface area (Å²) in [5.74, 6) is 0.0255. The number of halogens is 2.